The number of tetrazole rings is 1. The SMILES string of the molecule is COc1cc(OC)c(OC)cc1CNC(=O)Cn1nnc(-c2ccc(F)c(C)c2)n1. The number of carbonyl (C=O) groups is 1. The van der Waals surface area contributed by atoms with Crippen molar-refractivity contribution in [3.63, 3.8) is 0 Å². The molecular weight excluding hydrogens is 393 g/mol. The van der Waals surface area contributed by atoms with Gasteiger partial charge in [0.05, 0.1) is 21.3 Å². The number of ether oxygens (including phenoxy) is 3. The predicted molar refractivity (Wildman–Crippen MR) is 106 cm³/mol. The lowest BCUT2D eigenvalue weighted by Crippen LogP contribution is -2.28. The molecule has 9 nitrogen and oxygen atoms in total. The number of hydrogen-bond acceptors (Lipinski definition) is 7. The van der Waals surface area contributed by atoms with Crippen LogP contribution in [0, 0.1) is 12.7 Å². The van der Waals surface area contributed by atoms with Crippen LogP contribution in [0.3, 0.4) is 0 Å². The van der Waals surface area contributed by atoms with Crippen molar-refractivity contribution in [2.24, 2.45) is 0 Å². The van der Waals surface area contributed by atoms with Gasteiger partial charge in [0.15, 0.2) is 11.5 Å². The highest BCUT2D eigenvalue weighted by molar-refractivity contribution is 5.75. The summed E-state index contributed by atoms with van der Waals surface area (Å²) in [6.07, 6.45) is 0. The molecule has 1 heterocycles. The van der Waals surface area contributed by atoms with Crippen molar-refractivity contribution in [2.45, 2.75) is 20.0 Å². The molecule has 0 aliphatic carbocycles. The molecule has 3 aromatic rings. The maximum atomic E-state index is 13.4. The third kappa shape index (κ3) is 4.65. The van der Waals surface area contributed by atoms with Crippen molar-refractivity contribution in [3.8, 4) is 28.6 Å². The first kappa shape index (κ1) is 21.0. The minimum atomic E-state index is -0.314. The first-order valence-corrected chi connectivity index (χ1v) is 9.05. The fourth-order valence-corrected chi connectivity index (χ4v) is 2.82. The number of nitrogens with one attached hydrogen (secondary N) is 1. The number of aryl methyl sites for hydroxylation is 1. The number of halogens is 1. The van der Waals surface area contributed by atoms with E-state index in [0.29, 0.717) is 34.2 Å². The zero-order valence-electron chi connectivity index (χ0n) is 17.1. The van der Waals surface area contributed by atoms with Crippen LogP contribution in [-0.4, -0.2) is 47.4 Å². The third-order valence-electron chi connectivity index (χ3n) is 4.42. The summed E-state index contributed by atoms with van der Waals surface area (Å²) in [5.41, 5.74) is 1.82. The Balaban J connectivity index is 1.65. The van der Waals surface area contributed by atoms with E-state index in [4.69, 9.17) is 14.2 Å². The van der Waals surface area contributed by atoms with Gasteiger partial charge in [-0.25, -0.2) is 4.39 Å². The van der Waals surface area contributed by atoms with Gasteiger partial charge in [0, 0.05) is 23.7 Å². The second kappa shape index (κ2) is 9.21. The van der Waals surface area contributed by atoms with Crippen molar-refractivity contribution >= 4 is 5.91 Å². The van der Waals surface area contributed by atoms with Crippen LogP contribution in [0.5, 0.6) is 17.2 Å². The van der Waals surface area contributed by atoms with Crippen molar-refractivity contribution in [1.82, 2.24) is 25.5 Å². The smallest absolute Gasteiger partial charge is 0.243 e. The van der Waals surface area contributed by atoms with Gasteiger partial charge in [0.2, 0.25) is 11.7 Å². The summed E-state index contributed by atoms with van der Waals surface area (Å²) < 4.78 is 29.3. The quantitative estimate of drug-likeness (QED) is 0.601. The molecule has 0 saturated carbocycles. The second-order valence-corrected chi connectivity index (χ2v) is 6.40. The van der Waals surface area contributed by atoms with E-state index in [1.165, 1.54) is 32.2 Å². The molecule has 0 fully saturated rings. The van der Waals surface area contributed by atoms with Gasteiger partial charge in [-0.2, -0.15) is 4.80 Å². The zero-order valence-corrected chi connectivity index (χ0v) is 17.1. The standard InChI is InChI=1S/C20H22FN5O4/c1-12-7-13(5-6-15(12)21)20-23-25-26(24-20)11-19(27)22-10-14-8-17(29-3)18(30-4)9-16(14)28-2/h5-9H,10-11H2,1-4H3,(H,22,27). The van der Waals surface area contributed by atoms with Crippen LogP contribution in [0.1, 0.15) is 11.1 Å². The number of carbonyl (C=O) groups excluding carboxylic acids is 1. The van der Waals surface area contributed by atoms with Crippen LogP contribution in [0.4, 0.5) is 4.39 Å². The summed E-state index contributed by atoms with van der Waals surface area (Å²) in [6, 6.07) is 7.96. The summed E-state index contributed by atoms with van der Waals surface area (Å²) in [6.45, 7) is 1.74. The van der Waals surface area contributed by atoms with Crippen molar-refractivity contribution in [3.05, 3.63) is 47.3 Å². The highest BCUT2D eigenvalue weighted by Crippen LogP contribution is 2.34. The molecule has 10 heteroatoms. The van der Waals surface area contributed by atoms with E-state index in [2.05, 4.69) is 20.7 Å². The zero-order chi connectivity index (χ0) is 21.7. The van der Waals surface area contributed by atoms with Crippen LogP contribution in [0.25, 0.3) is 11.4 Å². The minimum Gasteiger partial charge on any atom is -0.496 e. The van der Waals surface area contributed by atoms with Crippen LogP contribution < -0.4 is 19.5 Å². The number of aromatic nitrogens is 4. The van der Waals surface area contributed by atoms with E-state index in [1.54, 1.807) is 31.2 Å². The predicted octanol–water partition coefficient (Wildman–Crippen LogP) is 2.13. The maximum Gasteiger partial charge on any atom is 0.243 e. The van der Waals surface area contributed by atoms with Gasteiger partial charge in [-0.3, -0.25) is 4.79 Å². The minimum absolute atomic E-state index is 0.122. The Morgan fingerprint density at radius 2 is 1.77 bits per heavy atom. The summed E-state index contributed by atoms with van der Waals surface area (Å²) >= 11 is 0. The molecule has 3 rings (SSSR count). The van der Waals surface area contributed by atoms with E-state index >= 15 is 0 Å². The highest BCUT2D eigenvalue weighted by atomic mass is 19.1. The lowest BCUT2D eigenvalue weighted by molar-refractivity contribution is -0.122. The molecule has 1 aromatic heterocycles. The van der Waals surface area contributed by atoms with Crippen molar-refractivity contribution in [1.29, 1.82) is 0 Å². The summed E-state index contributed by atoms with van der Waals surface area (Å²) in [5.74, 6) is 1.30. The van der Waals surface area contributed by atoms with Gasteiger partial charge in [0.25, 0.3) is 0 Å². The molecule has 0 spiro atoms. The number of methoxy groups -OCH3 is 3. The third-order valence-corrected chi connectivity index (χ3v) is 4.42. The molecule has 2 aromatic carbocycles. The Bertz CT molecular complexity index is 1050. The Hall–Kier alpha value is -3.69. The van der Waals surface area contributed by atoms with Crippen LogP contribution >= 0.6 is 0 Å². The fourth-order valence-electron chi connectivity index (χ4n) is 2.82. The Morgan fingerprint density at radius 3 is 2.43 bits per heavy atom. The lowest BCUT2D eigenvalue weighted by Gasteiger charge is -2.14. The van der Waals surface area contributed by atoms with E-state index in [-0.39, 0.29) is 24.8 Å². The van der Waals surface area contributed by atoms with E-state index in [0.717, 1.165) is 5.56 Å². The van der Waals surface area contributed by atoms with Gasteiger partial charge in [-0.05, 0) is 42.0 Å². The molecule has 0 saturated heterocycles. The fraction of sp³-hybridized carbons (Fsp3) is 0.300. The molecule has 0 aliphatic heterocycles. The Labute approximate surface area is 172 Å². The molecule has 0 bridgehead atoms. The number of rotatable bonds is 8. The van der Waals surface area contributed by atoms with Crippen LogP contribution in [0.15, 0.2) is 30.3 Å². The molecule has 30 heavy (non-hydrogen) atoms. The number of amides is 1. The van der Waals surface area contributed by atoms with Crippen molar-refractivity contribution in [2.75, 3.05) is 21.3 Å². The van der Waals surface area contributed by atoms with Gasteiger partial charge < -0.3 is 19.5 Å². The maximum absolute atomic E-state index is 13.4. The Kier molecular flexibility index (Phi) is 6.45. The molecule has 0 aliphatic rings. The summed E-state index contributed by atoms with van der Waals surface area (Å²) in [4.78, 5) is 13.5. The topological polar surface area (TPSA) is 100 Å². The molecule has 1 N–H and O–H groups in total. The van der Waals surface area contributed by atoms with Gasteiger partial charge in [-0.1, -0.05) is 0 Å². The van der Waals surface area contributed by atoms with Crippen LogP contribution in [-0.2, 0) is 17.9 Å². The average molecular weight is 415 g/mol. The molecule has 0 atom stereocenters. The highest BCUT2D eigenvalue weighted by Gasteiger charge is 2.14. The number of hydrogen-bond donors (Lipinski definition) is 1. The molecule has 0 unspecified atom stereocenters. The first-order chi connectivity index (χ1) is 14.4. The van der Waals surface area contributed by atoms with E-state index in [1.807, 2.05) is 0 Å². The number of benzene rings is 2. The van der Waals surface area contributed by atoms with Crippen molar-refractivity contribution < 1.29 is 23.4 Å². The number of nitrogens with zero attached hydrogens (tertiary/aromatic N) is 4. The largest absolute Gasteiger partial charge is 0.496 e. The molecular formula is C20H22FN5O4. The van der Waals surface area contributed by atoms with Gasteiger partial charge >= 0.3 is 0 Å². The Morgan fingerprint density at radius 1 is 1.07 bits per heavy atom. The first-order valence-electron chi connectivity index (χ1n) is 9.05. The van der Waals surface area contributed by atoms with Crippen LogP contribution in [0.2, 0.25) is 0 Å². The van der Waals surface area contributed by atoms with Gasteiger partial charge in [0.1, 0.15) is 18.1 Å². The summed E-state index contributed by atoms with van der Waals surface area (Å²) in [7, 11) is 4.60. The van der Waals surface area contributed by atoms with E-state index in [9.17, 15) is 9.18 Å². The summed E-state index contributed by atoms with van der Waals surface area (Å²) in [5, 5.41) is 14.8. The van der Waals surface area contributed by atoms with E-state index < -0.39 is 0 Å². The molecule has 158 valence electrons. The van der Waals surface area contributed by atoms with Gasteiger partial charge in [-0.15, -0.1) is 10.2 Å². The molecule has 1 amide bonds. The second-order valence-electron chi connectivity index (χ2n) is 6.40. The monoisotopic (exact) mass is 415 g/mol. The average Bonchev–Trinajstić information content (AvgIpc) is 3.21. The lowest BCUT2D eigenvalue weighted by atomic mass is 10.1. The normalized spacial score (nSPS) is 10.6. The molecule has 0 radical (unpaired) electrons.